The van der Waals surface area contributed by atoms with Gasteiger partial charge < -0.3 is 5.73 Å². The van der Waals surface area contributed by atoms with Crippen LogP contribution in [0.25, 0.3) is 0 Å². The van der Waals surface area contributed by atoms with Crippen molar-refractivity contribution >= 4 is 0 Å². The highest BCUT2D eigenvalue weighted by Gasteiger charge is 2.43. The van der Waals surface area contributed by atoms with E-state index in [2.05, 4.69) is 18.7 Å². The molecule has 2 fully saturated rings. The maximum Gasteiger partial charge on any atom is 0.0357 e. The molecule has 0 aromatic heterocycles. The van der Waals surface area contributed by atoms with Crippen LogP contribution < -0.4 is 5.73 Å². The summed E-state index contributed by atoms with van der Waals surface area (Å²) in [7, 11) is 0. The first-order valence-corrected chi connectivity index (χ1v) is 7.64. The minimum Gasteiger partial charge on any atom is -0.329 e. The van der Waals surface area contributed by atoms with E-state index in [-0.39, 0.29) is 0 Å². The molecule has 2 nitrogen and oxygen atoms in total. The summed E-state index contributed by atoms with van der Waals surface area (Å²) in [6.07, 6.45) is 9.66. The third-order valence-corrected chi connectivity index (χ3v) is 5.33. The molecule has 2 rings (SSSR count). The fraction of sp³-hybridized carbons (Fsp3) is 1.00. The maximum absolute atomic E-state index is 6.21. The van der Waals surface area contributed by atoms with E-state index >= 15 is 0 Å². The van der Waals surface area contributed by atoms with E-state index in [4.69, 9.17) is 5.73 Å². The molecular formula is C15H30N2. The van der Waals surface area contributed by atoms with Crippen LogP contribution in [0.5, 0.6) is 0 Å². The maximum atomic E-state index is 6.21. The topological polar surface area (TPSA) is 29.3 Å². The van der Waals surface area contributed by atoms with Crippen molar-refractivity contribution in [2.75, 3.05) is 19.6 Å². The van der Waals surface area contributed by atoms with Crippen LogP contribution in [0.4, 0.5) is 0 Å². The number of hydrogen-bond donors (Lipinski definition) is 1. The molecule has 0 amide bonds. The van der Waals surface area contributed by atoms with E-state index in [0.717, 1.165) is 18.4 Å². The quantitative estimate of drug-likeness (QED) is 0.801. The summed E-state index contributed by atoms with van der Waals surface area (Å²) < 4.78 is 0. The zero-order chi connectivity index (χ0) is 12.3. The second-order valence-electron chi connectivity index (χ2n) is 6.49. The van der Waals surface area contributed by atoms with Crippen LogP contribution in [0.15, 0.2) is 0 Å². The number of likely N-dealkylation sites (tertiary alicyclic amines) is 1. The molecule has 1 aliphatic heterocycles. The monoisotopic (exact) mass is 238 g/mol. The number of hydrogen-bond acceptors (Lipinski definition) is 2. The number of nitrogens with zero attached hydrogens (tertiary/aromatic N) is 1. The molecule has 0 radical (unpaired) electrons. The van der Waals surface area contributed by atoms with Gasteiger partial charge >= 0.3 is 0 Å². The lowest BCUT2D eigenvalue weighted by Gasteiger charge is -2.51. The third kappa shape index (κ3) is 2.68. The summed E-state index contributed by atoms with van der Waals surface area (Å²) in [5, 5.41) is 0. The van der Waals surface area contributed by atoms with E-state index in [9.17, 15) is 0 Å². The molecule has 0 spiro atoms. The van der Waals surface area contributed by atoms with Crippen molar-refractivity contribution < 1.29 is 0 Å². The Bertz CT molecular complexity index is 233. The Morgan fingerprint density at radius 2 is 1.76 bits per heavy atom. The van der Waals surface area contributed by atoms with E-state index in [1.54, 1.807) is 0 Å². The Labute approximate surface area is 107 Å². The second kappa shape index (κ2) is 5.71. The van der Waals surface area contributed by atoms with Crippen LogP contribution in [0.1, 0.15) is 58.8 Å². The van der Waals surface area contributed by atoms with Gasteiger partial charge in [0.1, 0.15) is 0 Å². The Morgan fingerprint density at radius 3 is 2.29 bits per heavy atom. The van der Waals surface area contributed by atoms with Crippen molar-refractivity contribution in [3.05, 3.63) is 0 Å². The Morgan fingerprint density at radius 1 is 1.12 bits per heavy atom. The molecular weight excluding hydrogens is 208 g/mol. The fourth-order valence-corrected chi connectivity index (χ4v) is 4.10. The van der Waals surface area contributed by atoms with Crippen LogP contribution in [0, 0.1) is 11.8 Å². The molecule has 1 heterocycles. The Balaban J connectivity index is 2.11. The van der Waals surface area contributed by atoms with Gasteiger partial charge in [0.2, 0.25) is 0 Å². The SMILES string of the molecule is CC1CCC(CN)(N2CCCCCC2)C(C)C1. The fourth-order valence-electron chi connectivity index (χ4n) is 4.10. The van der Waals surface area contributed by atoms with Gasteiger partial charge in [-0.15, -0.1) is 0 Å². The number of rotatable bonds is 2. The zero-order valence-corrected chi connectivity index (χ0v) is 11.8. The van der Waals surface area contributed by atoms with Crippen LogP contribution in [-0.4, -0.2) is 30.1 Å². The normalized spacial score (nSPS) is 41.1. The van der Waals surface area contributed by atoms with Crippen LogP contribution >= 0.6 is 0 Å². The first kappa shape index (κ1) is 13.4. The van der Waals surface area contributed by atoms with Gasteiger partial charge in [-0.1, -0.05) is 26.7 Å². The molecule has 1 aliphatic carbocycles. The molecule has 1 saturated carbocycles. The summed E-state index contributed by atoms with van der Waals surface area (Å²) in [6, 6.07) is 0. The summed E-state index contributed by atoms with van der Waals surface area (Å²) in [5.41, 5.74) is 6.54. The lowest BCUT2D eigenvalue weighted by atomic mass is 9.69. The van der Waals surface area contributed by atoms with Gasteiger partial charge in [-0.25, -0.2) is 0 Å². The summed E-state index contributed by atoms with van der Waals surface area (Å²) in [5.74, 6) is 1.67. The zero-order valence-electron chi connectivity index (χ0n) is 11.8. The van der Waals surface area contributed by atoms with Gasteiger partial charge in [0.05, 0.1) is 0 Å². The van der Waals surface area contributed by atoms with Crippen LogP contribution in [-0.2, 0) is 0 Å². The molecule has 0 aromatic carbocycles. The largest absolute Gasteiger partial charge is 0.329 e. The average Bonchev–Trinajstić information content (AvgIpc) is 2.59. The van der Waals surface area contributed by atoms with Crippen LogP contribution in [0.2, 0.25) is 0 Å². The predicted molar refractivity (Wildman–Crippen MR) is 74.0 cm³/mol. The summed E-state index contributed by atoms with van der Waals surface area (Å²) >= 11 is 0. The average molecular weight is 238 g/mol. The Kier molecular flexibility index (Phi) is 4.48. The molecule has 2 heteroatoms. The van der Waals surface area contributed by atoms with Gasteiger partial charge in [0, 0.05) is 12.1 Å². The minimum absolute atomic E-state index is 0.330. The standard InChI is InChI=1S/C15H30N2/c1-13-7-8-15(12-16,14(2)11-13)17-9-5-3-4-6-10-17/h13-14H,3-12,16H2,1-2H3. The van der Waals surface area contributed by atoms with Crippen molar-refractivity contribution in [2.45, 2.75) is 64.3 Å². The van der Waals surface area contributed by atoms with Crippen molar-refractivity contribution in [1.82, 2.24) is 4.90 Å². The van der Waals surface area contributed by atoms with E-state index in [1.807, 2.05) is 0 Å². The second-order valence-corrected chi connectivity index (χ2v) is 6.49. The molecule has 2 aliphatic rings. The molecule has 0 aromatic rings. The van der Waals surface area contributed by atoms with Crippen molar-refractivity contribution in [2.24, 2.45) is 17.6 Å². The van der Waals surface area contributed by atoms with Crippen molar-refractivity contribution in [1.29, 1.82) is 0 Å². The lowest BCUT2D eigenvalue weighted by molar-refractivity contribution is 0.00194. The van der Waals surface area contributed by atoms with Crippen molar-refractivity contribution in [3.8, 4) is 0 Å². The highest BCUT2D eigenvalue weighted by molar-refractivity contribution is 4.99. The molecule has 100 valence electrons. The summed E-state index contributed by atoms with van der Waals surface area (Å²) in [6.45, 7) is 8.28. The molecule has 2 N–H and O–H groups in total. The van der Waals surface area contributed by atoms with Gasteiger partial charge in [0.25, 0.3) is 0 Å². The van der Waals surface area contributed by atoms with E-state index in [0.29, 0.717) is 5.54 Å². The Hall–Kier alpha value is -0.0800. The lowest BCUT2D eigenvalue weighted by Crippen LogP contribution is -2.60. The summed E-state index contributed by atoms with van der Waals surface area (Å²) in [4.78, 5) is 2.76. The molecule has 3 atom stereocenters. The molecule has 17 heavy (non-hydrogen) atoms. The third-order valence-electron chi connectivity index (χ3n) is 5.33. The molecule has 0 bridgehead atoms. The first-order valence-electron chi connectivity index (χ1n) is 7.64. The van der Waals surface area contributed by atoms with Gasteiger partial charge in [-0.3, -0.25) is 4.90 Å². The minimum atomic E-state index is 0.330. The first-order chi connectivity index (χ1) is 8.19. The van der Waals surface area contributed by atoms with Crippen LogP contribution in [0.3, 0.4) is 0 Å². The smallest absolute Gasteiger partial charge is 0.0357 e. The van der Waals surface area contributed by atoms with Gasteiger partial charge in [-0.05, 0) is 57.0 Å². The van der Waals surface area contributed by atoms with E-state index in [1.165, 1.54) is 58.0 Å². The van der Waals surface area contributed by atoms with Gasteiger partial charge in [-0.2, -0.15) is 0 Å². The van der Waals surface area contributed by atoms with Crippen molar-refractivity contribution in [3.63, 3.8) is 0 Å². The highest BCUT2D eigenvalue weighted by Crippen LogP contribution is 2.41. The van der Waals surface area contributed by atoms with E-state index < -0.39 is 0 Å². The number of nitrogens with two attached hydrogens (primary N) is 1. The highest BCUT2D eigenvalue weighted by atomic mass is 15.2. The predicted octanol–water partition coefficient (Wildman–Crippen LogP) is 3.02. The van der Waals surface area contributed by atoms with Gasteiger partial charge in [0.15, 0.2) is 0 Å². The molecule has 3 unspecified atom stereocenters. The molecule has 1 saturated heterocycles.